The molecule has 0 aromatic heterocycles. The molecule has 0 rings (SSSR count). The number of aliphatic hydroxyl groups excluding tert-OH is 1. The average Bonchev–Trinajstić information content (AvgIpc) is 1.98. The second kappa shape index (κ2) is 5.48. The molecule has 10 heavy (non-hydrogen) atoms. The molecule has 0 heterocycles. The minimum atomic E-state index is -0.272. The molecule has 0 aromatic carbocycles. The molecule has 1 N–H and O–H groups in total. The zero-order valence-corrected chi connectivity index (χ0v) is 7.06. The molecule has 0 aliphatic carbocycles. The van der Waals surface area contributed by atoms with E-state index in [4.69, 9.17) is 0 Å². The summed E-state index contributed by atoms with van der Waals surface area (Å²) in [5.74, 6) is 0. The third kappa shape index (κ3) is 3.67. The third-order valence-electron chi connectivity index (χ3n) is 1.71. The third-order valence-corrected chi connectivity index (χ3v) is 1.71. The van der Waals surface area contributed by atoms with Crippen molar-refractivity contribution in [2.45, 2.75) is 45.6 Å². The van der Waals surface area contributed by atoms with Gasteiger partial charge in [0.25, 0.3) is 0 Å². The van der Waals surface area contributed by atoms with Crippen LogP contribution in [0.15, 0.2) is 12.2 Å². The normalized spacial score (nSPS) is 13.1. The lowest BCUT2D eigenvalue weighted by molar-refractivity contribution is 0.202. The average molecular weight is 142 g/mol. The molecule has 0 fully saturated rings. The Labute approximate surface area is 63.8 Å². The Morgan fingerprint density at radius 3 is 2.50 bits per heavy atom. The van der Waals surface area contributed by atoms with Crippen LogP contribution in [0.4, 0.5) is 0 Å². The molecule has 60 valence electrons. The van der Waals surface area contributed by atoms with E-state index in [1.807, 2.05) is 6.92 Å². The zero-order valence-electron chi connectivity index (χ0n) is 7.06. The predicted molar refractivity (Wildman–Crippen MR) is 45.0 cm³/mol. The van der Waals surface area contributed by atoms with E-state index in [1.165, 1.54) is 6.42 Å². The van der Waals surface area contributed by atoms with Crippen molar-refractivity contribution in [1.82, 2.24) is 0 Å². The van der Waals surface area contributed by atoms with E-state index < -0.39 is 0 Å². The van der Waals surface area contributed by atoms with Crippen molar-refractivity contribution >= 4 is 0 Å². The van der Waals surface area contributed by atoms with Gasteiger partial charge in [-0.25, -0.2) is 0 Å². The molecule has 0 bridgehead atoms. The molecular formula is C9H18O. The van der Waals surface area contributed by atoms with Crippen LogP contribution >= 0.6 is 0 Å². The smallest absolute Gasteiger partial charge is 0.0744 e. The fourth-order valence-corrected chi connectivity index (χ4v) is 0.859. The monoisotopic (exact) mass is 142 g/mol. The fourth-order valence-electron chi connectivity index (χ4n) is 0.859. The highest BCUT2D eigenvalue weighted by molar-refractivity contribution is 5.00. The van der Waals surface area contributed by atoms with E-state index in [1.54, 1.807) is 0 Å². The van der Waals surface area contributed by atoms with Crippen LogP contribution in [-0.2, 0) is 0 Å². The Kier molecular flexibility index (Phi) is 5.32. The Bertz CT molecular complexity index is 96.9. The molecule has 0 saturated heterocycles. The van der Waals surface area contributed by atoms with Crippen molar-refractivity contribution in [2.24, 2.45) is 0 Å². The van der Waals surface area contributed by atoms with Gasteiger partial charge < -0.3 is 5.11 Å². The fraction of sp³-hybridized carbons (Fsp3) is 0.778. The molecule has 1 heteroatoms. The van der Waals surface area contributed by atoms with Gasteiger partial charge in [0, 0.05) is 0 Å². The van der Waals surface area contributed by atoms with Gasteiger partial charge in [0.2, 0.25) is 0 Å². The number of unbranched alkanes of at least 4 members (excludes halogenated alkanes) is 1. The second-order valence-electron chi connectivity index (χ2n) is 2.69. The lowest BCUT2D eigenvalue weighted by atomic mass is 10.0. The van der Waals surface area contributed by atoms with Gasteiger partial charge in [0.1, 0.15) is 0 Å². The molecule has 0 saturated carbocycles. The van der Waals surface area contributed by atoms with Crippen LogP contribution in [0.2, 0.25) is 0 Å². The van der Waals surface area contributed by atoms with Crippen molar-refractivity contribution in [1.29, 1.82) is 0 Å². The van der Waals surface area contributed by atoms with Crippen LogP contribution in [-0.4, -0.2) is 11.2 Å². The lowest BCUT2D eigenvalue weighted by Crippen LogP contribution is -2.06. The number of hydrogen-bond acceptors (Lipinski definition) is 1. The van der Waals surface area contributed by atoms with Crippen LogP contribution in [0, 0.1) is 0 Å². The van der Waals surface area contributed by atoms with Gasteiger partial charge in [-0.2, -0.15) is 0 Å². The number of hydrogen-bond donors (Lipinski definition) is 1. The van der Waals surface area contributed by atoms with Gasteiger partial charge in [-0.1, -0.05) is 26.8 Å². The summed E-state index contributed by atoms with van der Waals surface area (Å²) in [5.41, 5.74) is 0.990. The Morgan fingerprint density at radius 2 is 2.10 bits per heavy atom. The summed E-state index contributed by atoms with van der Waals surface area (Å²) in [6.07, 6.45) is 3.82. The summed E-state index contributed by atoms with van der Waals surface area (Å²) in [6.45, 7) is 7.93. The minimum absolute atomic E-state index is 0.272. The van der Waals surface area contributed by atoms with E-state index in [0.29, 0.717) is 0 Å². The van der Waals surface area contributed by atoms with Gasteiger partial charge in [0.15, 0.2) is 0 Å². The Balaban J connectivity index is 3.42. The van der Waals surface area contributed by atoms with Crippen LogP contribution in [0.25, 0.3) is 0 Å². The summed E-state index contributed by atoms with van der Waals surface area (Å²) in [7, 11) is 0. The van der Waals surface area contributed by atoms with Gasteiger partial charge in [-0.15, -0.1) is 0 Å². The highest BCUT2D eigenvalue weighted by Crippen LogP contribution is 2.11. The molecule has 0 radical (unpaired) electrons. The summed E-state index contributed by atoms with van der Waals surface area (Å²) >= 11 is 0. The molecular weight excluding hydrogens is 124 g/mol. The first-order chi connectivity index (χ1) is 4.72. The molecule has 0 aliphatic heterocycles. The maximum atomic E-state index is 9.25. The maximum Gasteiger partial charge on any atom is 0.0744 e. The van der Waals surface area contributed by atoms with Crippen LogP contribution in [0.3, 0.4) is 0 Å². The second-order valence-corrected chi connectivity index (χ2v) is 2.69. The SMILES string of the molecule is C=C(CCCC)[C@@H](O)CC. The van der Waals surface area contributed by atoms with E-state index >= 15 is 0 Å². The lowest BCUT2D eigenvalue weighted by Gasteiger charge is -2.09. The largest absolute Gasteiger partial charge is 0.389 e. The van der Waals surface area contributed by atoms with Crippen molar-refractivity contribution in [3.63, 3.8) is 0 Å². The Morgan fingerprint density at radius 1 is 1.50 bits per heavy atom. The highest BCUT2D eigenvalue weighted by atomic mass is 16.3. The zero-order chi connectivity index (χ0) is 7.98. The first-order valence-electron chi connectivity index (χ1n) is 4.08. The summed E-state index contributed by atoms with van der Waals surface area (Å²) in [5, 5.41) is 9.25. The number of rotatable bonds is 5. The van der Waals surface area contributed by atoms with Crippen LogP contribution < -0.4 is 0 Å². The topological polar surface area (TPSA) is 20.2 Å². The maximum absolute atomic E-state index is 9.25. The van der Waals surface area contributed by atoms with Crippen molar-refractivity contribution < 1.29 is 5.11 Å². The molecule has 0 aliphatic rings. The van der Waals surface area contributed by atoms with E-state index in [9.17, 15) is 5.11 Å². The molecule has 0 aromatic rings. The van der Waals surface area contributed by atoms with Gasteiger partial charge >= 0.3 is 0 Å². The summed E-state index contributed by atoms with van der Waals surface area (Å²) < 4.78 is 0. The first kappa shape index (κ1) is 9.70. The number of aliphatic hydroxyl groups is 1. The standard InChI is InChI=1S/C9H18O/c1-4-6-7-8(3)9(10)5-2/h9-10H,3-7H2,1-2H3/t9-/m0/s1. The summed E-state index contributed by atoms with van der Waals surface area (Å²) in [6, 6.07) is 0. The molecule has 1 nitrogen and oxygen atoms in total. The highest BCUT2D eigenvalue weighted by Gasteiger charge is 2.03. The quantitative estimate of drug-likeness (QED) is 0.585. The van der Waals surface area contributed by atoms with Crippen molar-refractivity contribution in [3.05, 3.63) is 12.2 Å². The first-order valence-corrected chi connectivity index (χ1v) is 4.08. The molecule has 1 atom stereocenters. The van der Waals surface area contributed by atoms with Crippen molar-refractivity contribution in [3.8, 4) is 0 Å². The van der Waals surface area contributed by atoms with Gasteiger partial charge in [-0.05, 0) is 24.8 Å². The van der Waals surface area contributed by atoms with Crippen molar-refractivity contribution in [2.75, 3.05) is 0 Å². The van der Waals surface area contributed by atoms with Gasteiger partial charge in [-0.3, -0.25) is 0 Å². The van der Waals surface area contributed by atoms with E-state index in [-0.39, 0.29) is 6.10 Å². The summed E-state index contributed by atoms with van der Waals surface area (Å²) in [4.78, 5) is 0. The molecule has 0 unspecified atom stereocenters. The van der Waals surface area contributed by atoms with Crippen LogP contribution in [0.1, 0.15) is 39.5 Å². The van der Waals surface area contributed by atoms with Gasteiger partial charge in [0.05, 0.1) is 6.10 Å². The predicted octanol–water partition coefficient (Wildman–Crippen LogP) is 2.50. The van der Waals surface area contributed by atoms with E-state index in [2.05, 4.69) is 13.5 Å². The molecule has 0 amide bonds. The van der Waals surface area contributed by atoms with Crippen LogP contribution in [0.5, 0.6) is 0 Å². The Hall–Kier alpha value is -0.300. The molecule has 0 spiro atoms. The minimum Gasteiger partial charge on any atom is -0.389 e. The van der Waals surface area contributed by atoms with E-state index in [0.717, 1.165) is 24.8 Å².